The summed E-state index contributed by atoms with van der Waals surface area (Å²) in [6.07, 6.45) is 3.49. The highest BCUT2D eigenvalue weighted by Crippen LogP contribution is 2.18. The number of imide groups is 1. The number of carbonyl (C=O) groups excluding carboxylic acids is 2. The second kappa shape index (κ2) is 7.43. The number of aromatic nitrogens is 4. The largest absolute Gasteiger partial charge is 0.378 e. The molecule has 1 aliphatic rings. The van der Waals surface area contributed by atoms with E-state index in [0.29, 0.717) is 37.6 Å². The van der Waals surface area contributed by atoms with Crippen LogP contribution in [0.2, 0.25) is 0 Å². The molecule has 0 spiro atoms. The highest BCUT2D eigenvalue weighted by Gasteiger charge is 2.33. The third-order valence-corrected chi connectivity index (χ3v) is 4.00. The average molecular weight is 348 g/mol. The first-order valence-corrected chi connectivity index (χ1v) is 8.01. The molecule has 10 nitrogen and oxygen atoms in total. The number of urea groups is 1. The predicted octanol–water partition coefficient (Wildman–Crippen LogP) is 0.787. The second-order valence-corrected chi connectivity index (χ2v) is 5.72. The van der Waals surface area contributed by atoms with Crippen LogP contribution in [-0.2, 0) is 35.8 Å². The Morgan fingerprint density at radius 1 is 1.32 bits per heavy atom. The normalized spacial score (nSPS) is 15.3. The maximum absolute atomic E-state index is 12.7. The Balaban J connectivity index is 1.71. The van der Waals surface area contributed by atoms with Crippen LogP contribution in [0.1, 0.15) is 30.3 Å². The van der Waals surface area contributed by atoms with Crippen molar-refractivity contribution < 1.29 is 18.8 Å². The monoisotopic (exact) mass is 348 g/mol. The molecule has 25 heavy (non-hydrogen) atoms. The third-order valence-electron chi connectivity index (χ3n) is 4.00. The first-order chi connectivity index (χ1) is 12.1. The summed E-state index contributed by atoms with van der Waals surface area (Å²) in [5, 5.41) is 11.8. The lowest BCUT2D eigenvalue weighted by atomic mass is 10.2. The Kier molecular flexibility index (Phi) is 5.08. The minimum absolute atomic E-state index is 0.114. The van der Waals surface area contributed by atoms with Crippen molar-refractivity contribution in [1.29, 1.82) is 0 Å². The molecule has 0 radical (unpaired) electrons. The zero-order valence-corrected chi connectivity index (χ0v) is 14.2. The van der Waals surface area contributed by atoms with Crippen LogP contribution < -0.4 is 0 Å². The van der Waals surface area contributed by atoms with E-state index in [-0.39, 0.29) is 24.9 Å². The molecule has 0 atom stereocenters. The molecule has 3 rings (SSSR count). The molecule has 1 aliphatic heterocycles. The van der Waals surface area contributed by atoms with E-state index < -0.39 is 0 Å². The van der Waals surface area contributed by atoms with Crippen molar-refractivity contribution in [2.45, 2.75) is 39.6 Å². The van der Waals surface area contributed by atoms with Crippen molar-refractivity contribution in [3.63, 3.8) is 0 Å². The van der Waals surface area contributed by atoms with E-state index in [2.05, 4.69) is 15.5 Å². The molecule has 0 saturated carbocycles. The van der Waals surface area contributed by atoms with E-state index in [4.69, 9.17) is 9.26 Å². The Morgan fingerprint density at radius 2 is 2.16 bits per heavy atom. The smallest absolute Gasteiger partial charge is 0.327 e. The van der Waals surface area contributed by atoms with Gasteiger partial charge in [-0.3, -0.25) is 14.4 Å². The van der Waals surface area contributed by atoms with Gasteiger partial charge in [0.1, 0.15) is 17.7 Å². The van der Waals surface area contributed by atoms with Gasteiger partial charge in [-0.15, -0.1) is 5.10 Å². The lowest BCUT2D eigenvalue weighted by Crippen LogP contribution is -2.51. The fraction of sp³-hybridized carbons (Fsp3) is 0.533. The number of hydrogen-bond donors (Lipinski definition) is 0. The Morgan fingerprint density at radius 3 is 2.88 bits per heavy atom. The van der Waals surface area contributed by atoms with E-state index in [0.717, 1.165) is 5.56 Å². The molecule has 0 bridgehead atoms. The molecule has 2 aromatic heterocycles. The lowest BCUT2D eigenvalue weighted by molar-refractivity contribution is -0.131. The van der Waals surface area contributed by atoms with Crippen molar-refractivity contribution in [3.05, 3.63) is 29.4 Å². The van der Waals surface area contributed by atoms with Crippen LogP contribution >= 0.6 is 0 Å². The number of hydrogen-bond acceptors (Lipinski definition) is 7. The first-order valence-electron chi connectivity index (χ1n) is 8.01. The van der Waals surface area contributed by atoms with Gasteiger partial charge >= 0.3 is 6.03 Å². The average Bonchev–Trinajstić information content (AvgIpc) is 3.24. The number of aryl methyl sites for hydroxylation is 1. The molecule has 10 heteroatoms. The van der Waals surface area contributed by atoms with E-state index in [1.165, 1.54) is 11.2 Å². The molecular formula is C15H20N6O4. The van der Waals surface area contributed by atoms with Crippen molar-refractivity contribution in [2.24, 2.45) is 0 Å². The standard InChI is InChI=1S/C15H20N6O4/c1-3-20-7-12(16-18-20)8-21-14(22)4-5-19(15(21)23)6-11-9-25-17-13(11)10-24-2/h7,9H,3-6,8,10H2,1-2H3. The number of ether oxygens (including phenoxy) is 1. The molecule has 0 N–H and O–H groups in total. The zero-order valence-electron chi connectivity index (χ0n) is 14.2. The second-order valence-electron chi connectivity index (χ2n) is 5.72. The van der Waals surface area contributed by atoms with Gasteiger partial charge in [0.2, 0.25) is 5.91 Å². The number of carbonyl (C=O) groups is 2. The van der Waals surface area contributed by atoms with Crippen LogP contribution in [-0.4, -0.2) is 55.5 Å². The van der Waals surface area contributed by atoms with Gasteiger partial charge in [0.15, 0.2) is 0 Å². The quantitative estimate of drug-likeness (QED) is 0.728. The van der Waals surface area contributed by atoms with Gasteiger partial charge in [-0.2, -0.15) is 0 Å². The number of methoxy groups -OCH3 is 1. The summed E-state index contributed by atoms with van der Waals surface area (Å²) < 4.78 is 11.7. The van der Waals surface area contributed by atoms with Crippen LogP contribution in [0.4, 0.5) is 4.79 Å². The summed E-state index contributed by atoms with van der Waals surface area (Å²) in [5.74, 6) is -0.213. The zero-order chi connectivity index (χ0) is 17.8. The highest BCUT2D eigenvalue weighted by atomic mass is 16.5. The summed E-state index contributed by atoms with van der Waals surface area (Å²) in [4.78, 5) is 27.7. The van der Waals surface area contributed by atoms with Gasteiger partial charge in [0.05, 0.1) is 25.9 Å². The topological polar surface area (TPSA) is 107 Å². The van der Waals surface area contributed by atoms with Crippen LogP contribution in [0.5, 0.6) is 0 Å². The molecule has 0 aromatic carbocycles. The summed E-state index contributed by atoms with van der Waals surface area (Å²) >= 11 is 0. The van der Waals surface area contributed by atoms with Crippen molar-refractivity contribution in [2.75, 3.05) is 13.7 Å². The molecule has 3 heterocycles. The van der Waals surface area contributed by atoms with Gasteiger partial charge in [0, 0.05) is 32.2 Å². The van der Waals surface area contributed by atoms with Gasteiger partial charge in [-0.25, -0.2) is 4.79 Å². The lowest BCUT2D eigenvalue weighted by Gasteiger charge is -2.33. The Labute approximate surface area is 144 Å². The molecular weight excluding hydrogens is 328 g/mol. The predicted molar refractivity (Wildman–Crippen MR) is 83.9 cm³/mol. The number of rotatable bonds is 7. The van der Waals surface area contributed by atoms with E-state index in [1.807, 2.05) is 6.92 Å². The third kappa shape index (κ3) is 3.68. The molecule has 3 amide bonds. The summed E-state index contributed by atoms with van der Waals surface area (Å²) in [6.45, 7) is 3.70. The van der Waals surface area contributed by atoms with Gasteiger partial charge in [-0.1, -0.05) is 10.4 Å². The Bertz CT molecular complexity index is 755. The van der Waals surface area contributed by atoms with E-state index in [1.54, 1.807) is 22.9 Å². The maximum Gasteiger partial charge on any atom is 0.327 e. The van der Waals surface area contributed by atoms with Gasteiger partial charge < -0.3 is 14.2 Å². The van der Waals surface area contributed by atoms with Gasteiger partial charge in [-0.05, 0) is 6.92 Å². The molecule has 1 fully saturated rings. The van der Waals surface area contributed by atoms with Crippen molar-refractivity contribution >= 4 is 11.9 Å². The van der Waals surface area contributed by atoms with Gasteiger partial charge in [0.25, 0.3) is 0 Å². The molecule has 0 aliphatic carbocycles. The first kappa shape index (κ1) is 17.1. The van der Waals surface area contributed by atoms with Crippen molar-refractivity contribution in [3.8, 4) is 0 Å². The minimum atomic E-state index is -0.355. The summed E-state index contributed by atoms with van der Waals surface area (Å²) in [6, 6.07) is -0.355. The Hall–Kier alpha value is -2.75. The molecule has 1 saturated heterocycles. The van der Waals surface area contributed by atoms with Crippen LogP contribution in [0.15, 0.2) is 17.0 Å². The van der Waals surface area contributed by atoms with E-state index >= 15 is 0 Å². The fourth-order valence-corrected chi connectivity index (χ4v) is 2.64. The summed E-state index contributed by atoms with van der Waals surface area (Å²) in [7, 11) is 1.56. The van der Waals surface area contributed by atoms with Crippen LogP contribution in [0.25, 0.3) is 0 Å². The van der Waals surface area contributed by atoms with Crippen LogP contribution in [0.3, 0.4) is 0 Å². The maximum atomic E-state index is 12.7. The SMILES string of the molecule is CCn1cc(CN2C(=O)CCN(Cc3conc3COC)C2=O)nn1. The number of amides is 3. The minimum Gasteiger partial charge on any atom is -0.378 e. The van der Waals surface area contributed by atoms with Crippen molar-refractivity contribution in [1.82, 2.24) is 30.0 Å². The summed E-state index contributed by atoms with van der Waals surface area (Å²) in [5.41, 5.74) is 1.99. The van der Waals surface area contributed by atoms with E-state index in [9.17, 15) is 9.59 Å². The fourth-order valence-electron chi connectivity index (χ4n) is 2.64. The molecule has 134 valence electrons. The molecule has 0 unspecified atom stereocenters. The van der Waals surface area contributed by atoms with Crippen LogP contribution in [0, 0.1) is 0 Å². The highest BCUT2D eigenvalue weighted by molar-refractivity contribution is 5.96. The molecule has 2 aromatic rings. The number of nitrogens with zero attached hydrogens (tertiary/aromatic N) is 6.